The summed E-state index contributed by atoms with van der Waals surface area (Å²) in [5.41, 5.74) is 6.60. The number of nitrogens with zero attached hydrogens (tertiary/aromatic N) is 2. The van der Waals surface area contributed by atoms with Gasteiger partial charge in [0.15, 0.2) is 0 Å². The quantitative estimate of drug-likeness (QED) is 0.713. The molecule has 0 spiro atoms. The Balaban J connectivity index is 2.12. The Labute approximate surface area is 84.2 Å². The van der Waals surface area contributed by atoms with E-state index in [1.807, 2.05) is 18.3 Å². The first-order chi connectivity index (χ1) is 6.90. The van der Waals surface area contributed by atoms with E-state index in [9.17, 15) is 0 Å². The van der Waals surface area contributed by atoms with Crippen LogP contribution in [0.25, 0.3) is 0 Å². The van der Waals surface area contributed by atoms with Crippen LogP contribution in [-0.4, -0.2) is 18.1 Å². The molecular formula is C11H15N3. The third-order valence-corrected chi connectivity index (χ3v) is 2.43. The third kappa shape index (κ3) is 1.93. The van der Waals surface area contributed by atoms with Crippen molar-refractivity contribution < 1.29 is 0 Å². The molecule has 2 rings (SSSR count). The number of hydrogen-bond donors (Lipinski definition) is 1. The zero-order valence-corrected chi connectivity index (χ0v) is 8.19. The fraction of sp³-hybridized carbons (Fsp3) is 0.364. The smallest absolute Gasteiger partial charge is 0.128 e. The van der Waals surface area contributed by atoms with Crippen LogP contribution in [0.3, 0.4) is 0 Å². The van der Waals surface area contributed by atoms with Gasteiger partial charge >= 0.3 is 0 Å². The third-order valence-electron chi connectivity index (χ3n) is 2.43. The molecule has 2 N–H and O–H groups in total. The number of nitrogens with two attached hydrogens (primary N) is 1. The van der Waals surface area contributed by atoms with E-state index in [-0.39, 0.29) is 0 Å². The van der Waals surface area contributed by atoms with Crippen molar-refractivity contribution in [3.05, 3.63) is 36.0 Å². The molecule has 0 saturated heterocycles. The molecule has 1 aliphatic heterocycles. The van der Waals surface area contributed by atoms with Gasteiger partial charge in [-0.2, -0.15) is 0 Å². The highest BCUT2D eigenvalue weighted by atomic mass is 15.2. The fourth-order valence-electron chi connectivity index (χ4n) is 1.57. The predicted molar refractivity (Wildman–Crippen MR) is 58.1 cm³/mol. The van der Waals surface area contributed by atoms with Gasteiger partial charge in [0.1, 0.15) is 5.82 Å². The van der Waals surface area contributed by atoms with E-state index in [1.165, 1.54) is 0 Å². The van der Waals surface area contributed by atoms with E-state index in [0.29, 0.717) is 6.54 Å². The van der Waals surface area contributed by atoms with E-state index in [4.69, 9.17) is 5.73 Å². The Hall–Kier alpha value is -1.35. The van der Waals surface area contributed by atoms with Crippen LogP contribution in [0.4, 0.5) is 5.82 Å². The summed E-state index contributed by atoms with van der Waals surface area (Å²) in [6.45, 7) is 2.59. The lowest BCUT2D eigenvalue weighted by Gasteiger charge is -2.24. The van der Waals surface area contributed by atoms with E-state index in [1.54, 1.807) is 0 Å². The lowest BCUT2D eigenvalue weighted by Crippen LogP contribution is -2.27. The van der Waals surface area contributed by atoms with Crippen molar-refractivity contribution in [1.29, 1.82) is 0 Å². The van der Waals surface area contributed by atoms with Crippen LogP contribution in [0, 0.1) is 0 Å². The Kier molecular flexibility index (Phi) is 2.79. The minimum absolute atomic E-state index is 0.563. The zero-order chi connectivity index (χ0) is 9.80. The molecule has 1 aromatic heterocycles. The Morgan fingerprint density at radius 2 is 2.29 bits per heavy atom. The molecule has 0 fully saturated rings. The molecule has 1 aromatic rings. The van der Waals surface area contributed by atoms with E-state index in [2.05, 4.69) is 22.0 Å². The summed E-state index contributed by atoms with van der Waals surface area (Å²) >= 11 is 0. The SMILES string of the molecule is NCc1ccc(N2CC=CCC2)nc1. The molecule has 2 heterocycles. The highest BCUT2D eigenvalue weighted by molar-refractivity contribution is 5.41. The molecule has 0 aliphatic carbocycles. The monoisotopic (exact) mass is 189 g/mol. The Bertz CT molecular complexity index is 316. The molecule has 0 atom stereocenters. The van der Waals surface area contributed by atoms with Crippen molar-refractivity contribution >= 4 is 5.82 Å². The predicted octanol–water partition coefficient (Wildman–Crippen LogP) is 1.31. The second kappa shape index (κ2) is 4.24. The summed E-state index contributed by atoms with van der Waals surface area (Å²) in [5.74, 6) is 1.05. The van der Waals surface area contributed by atoms with Gasteiger partial charge in [-0.3, -0.25) is 0 Å². The number of pyridine rings is 1. The van der Waals surface area contributed by atoms with Crippen LogP contribution in [0.1, 0.15) is 12.0 Å². The first-order valence-corrected chi connectivity index (χ1v) is 4.95. The van der Waals surface area contributed by atoms with Gasteiger partial charge in [-0.25, -0.2) is 4.98 Å². The normalized spacial score (nSPS) is 15.9. The largest absolute Gasteiger partial charge is 0.353 e. The van der Waals surface area contributed by atoms with Gasteiger partial charge in [-0.1, -0.05) is 18.2 Å². The van der Waals surface area contributed by atoms with E-state index >= 15 is 0 Å². The van der Waals surface area contributed by atoms with E-state index in [0.717, 1.165) is 30.9 Å². The van der Waals surface area contributed by atoms with Gasteiger partial charge in [0.05, 0.1) is 0 Å². The van der Waals surface area contributed by atoms with Crippen LogP contribution in [0.2, 0.25) is 0 Å². The average Bonchev–Trinajstić information content (AvgIpc) is 2.30. The van der Waals surface area contributed by atoms with Gasteiger partial charge in [-0.15, -0.1) is 0 Å². The van der Waals surface area contributed by atoms with Crippen LogP contribution in [0.15, 0.2) is 30.5 Å². The van der Waals surface area contributed by atoms with Crippen LogP contribution < -0.4 is 10.6 Å². The molecule has 3 nitrogen and oxygen atoms in total. The number of anilines is 1. The Morgan fingerprint density at radius 1 is 1.36 bits per heavy atom. The van der Waals surface area contributed by atoms with Gasteiger partial charge in [0.2, 0.25) is 0 Å². The minimum Gasteiger partial charge on any atom is -0.353 e. The summed E-state index contributed by atoms with van der Waals surface area (Å²) in [6, 6.07) is 4.09. The molecule has 0 unspecified atom stereocenters. The highest BCUT2D eigenvalue weighted by Gasteiger charge is 2.07. The summed E-state index contributed by atoms with van der Waals surface area (Å²) in [5, 5.41) is 0. The molecule has 3 heteroatoms. The second-order valence-electron chi connectivity index (χ2n) is 3.43. The molecule has 0 aromatic carbocycles. The maximum Gasteiger partial charge on any atom is 0.128 e. The van der Waals surface area contributed by atoms with Crippen molar-refractivity contribution in [2.24, 2.45) is 5.73 Å². The summed E-state index contributed by atoms with van der Waals surface area (Å²) < 4.78 is 0. The highest BCUT2D eigenvalue weighted by Crippen LogP contribution is 2.13. The van der Waals surface area contributed by atoms with Crippen molar-refractivity contribution in [2.75, 3.05) is 18.0 Å². The Morgan fingerprint density at radius 3 is 2.86 bits per heavy atom. The van der Waals surface area contributed by atoms with Crippen molar-refractivity contribution in [2.45, 2.75) is 13.0 Å². The standard InChI is InChI=1S/C11H15N3/c12-8-10-4-5-11(13-9-10)14-6-2-1-3-7-14/h1-2,4-5,9H,3,6-8,12H2. The van der Waals surface area contributed by atoms with Crippen molar-refractivity contribution in [3.63, 3.8) is 0 Å². The van der Waals surface area contributed by atoms with E-state index < -0.39 is 0 Å². The van der Waals surface area contributed by atoms with Crippen molar-refractivity contribution in [3.8, 4) is 0 Å². The topological polar surface area (TPSA) is 42.1 Å². The maximum absolute atomic E-state index is 5.51. The molecule has 0 bridgehead atoms. The molecule has 1 aliphatic rings. The summed E-state index contributed by atoms with van der Waals surface area (Å²) in [4.78, 5) is 6.65. The second-order valence-corrected chi connectivity index (χ2v) is 3.43. The summed E-state index contributed by atoms with van der Waals surface area (Å²) in [7, 11) is 0. The first-order valence-electron chi connectivity index (χ1n) is 4.95. The molecule has 0 saturated carbocycles. The first kappa shape index (κ1) is 9.21. The molecular weight excluding hydrogens is 174 g/mol. The maximum atomic E-state index is 5.51. The number of hydrogen-bond acceptors (Lipinski definition) is 3. The van der Waals surface area contributed by atoms with Crippen molar-refractivity contribution in [1.82, 2.24) is 4.98 Å². The van der Waals surface area contributed by atoms with Crippen LogP contribution in [0.5, 0.6) is 0 Å². The number of aromatic nitrogens is 1. The minimum atomic E-state index is 0.563. The van der Waals surface area contributed by atoms with Gasteiger partial charge in [0.25, 0.3) is 0 Å². The van der Waals surface area contributed by atoms with Gasteiger partial charge < -0.3 is 10.6 Å². The number of rotatable bonds is 2. The van der Waals surface area contributed by atoms with Gasteiger partial charge in [-0.05, 0) is 18.1 Å². The zero-order valence-electron chi connectivity index (χ0n) is 8.19. The molecule has 0 radical (unpaired) electrons. The molecule has 74 valence electrons. The lowest BCUT2D eigenvalue weighted by molar-refractivity contribution is 0.804. The molecule has 0 amide bonds. The van der Waals surface area contributed by atoms with Crippen LogP contribution in [-0.2, 0) is 6.54 Å². The summed E-state index contributed by atoms with van der Waals surface area (Å²) in [6.07, 6.45) is 7.36. The van der Waals surface area contributed by atoms with Gasteiger partial charge in [0, 0.05) is 25.8 Å². The molecule has 14 heavy (non-hydrogen) atoms. The average molecular weight is 189 g/mol. The lowest BCUT2D eigenvalue weighted by atomic mass is 10.2. The fourth-order valence-corrected chi connectivity index (χ4v) is 1.57. The van der Waals surface area contributed by atoms with Crippen LogP contribution >= 0.6 is 0 Å².